The third kappa shape index (κ3) is 6.57. The highest BCUT2D eigenvalue weighted by Crippen LogP contribution is 2.22. The predicted molar refractivity (Wildman–Crippen MR) is 112 cm³/mol. The van der Waals surface area contributed by atoms with Crippen LogP contribution >= 0.6 is 0 Å². The molecular formula is C23H30N2O3. The highest BCUT2D eigenvalue weighted by Gasteiger charge is 2.14. The first kappa shape index (κ1) is 20.2. The molecule has 2 amide bonds. The summed E-state index contributed by atoms with van der Waals surface area (Å²) in [5.74, 6) is 1.46. The molecule has 0 bridgehead atoms. The van der Waals surface area contributed by atoms with Crippen LogP contribution in [-0.2, 0) is 18.0 Å². The van der Waals surface area contributed by atoms with E-state index in [2.05, 4.69) is 10.6 Å². The maximum Gasteiger partial charge on any atom is 0.319 e. The summed E-state index contributed by atoms with van der Waals surface area (Å²) in [7, 11) is 1.66. The van der Waals surface area contributed by atoms with Crippen molar-refractivity contribution in [3.8, 4) is 5.75 Å². The molecule has 1 aliphatic carbocycles. The number of amides is 2. The summed E-state index contributed by atoms with van der Waals surface area (Å²) in [6.45, 7) is 1.78. The van der Waals surface area contributed by atoms with Crippen molar-refractivity contribution in [2.45, 2.75) is 45.3 Å². The van der Waals surface area contributed by atoms with Crippen LogP contribution in [0.4, 0.5) is 10.5 Å². The Balaban J connectivity index is 1.41. The summed E-state index contributed by atoms with van der Waals surface area (Å²) in [6, 6.07) is 15.5. The van der Waals surface area contributed by atoms with Gasteiger partial charge in [0.25, 0.3) is 0 Å². The molecule has 150 valence electrons. The Hall–Kier alpha value is -2.53. The molecule has 1 fully saturated rings. The molecule has 0 radical (unpaired) electrons. The zero-order valence-electron chi connectivity index (χ0n) is 16.6. The van der Waals surface area contributed by atoms with Crippen molar-refractivity contribution in [1.29, 1.82) is 0 Å². The third-order valence-electron chi connectivity index (χ3n) is 5.16. The molecule has 3 rings (SSSR count). The number of rotatable bonds is 8. The molecular weight excluding hydrogens is 352 g/mol. The SMILES string of the molecule is COc1ccc(COCc2cccc(NC(=O)NCC3CCCCC3)c2)cc1. The molecule has 2 aromatic carbocycles. The minimum Gasteiger partial charge on any atom is -0.497 e. The Kier molecular flexibility index (Phi) is 7.73. The van der Waals surface area contributed by atoms with E-state index in [1.54, 1.807) is 7.11 Å². The van der Waals surface area contributed by atoms with Crippen molar-refractivity contribution in [2.75, 3.05) is 19.0 Å². The lowest BCUT2D eigenvalue weighted by Crippen LogP contribution is -2.33. The quantitative estimate of drug-likeness (QED) is 0.667. The van der Waals surface area contributed by atoms with Crippen LogP contribution in [0.5, 0.6) is 5.75 Å². The van der Waals surface area contributed by atoms with E-state index < -0.39 is 0 Å². The van der Waals surface area contributed by atoms with Gasteiger partial charge in [-0.05, 0) is 54.2 Å². The summed E-state index contributed by atoms with van der Waals surface area (Å²) in [6.07, 6.45) is 6.34. The molecule has 2 N–H and O–H groups in total. The van der Waals surface area contributed by atoms with Crippen molar-refractivity contribution in [3.63, 3.8) is 0 Å². The largest absolute Gasteiger partial charge is 0.497 e. The van der Waals surface area contributed by atoms with Gasteiger partial charge in [0, 0.05) is 12.2 Å². The molecule has 1 saturated carbocycles. The van der Waals surface area contributed by atoms with Gasteiger partial charge in [-0.1, -0.05) is 43.5 Å². The third-order valence-corrected chi connectivity index (χ3v) is 5.16. The smallest absolute Gasteiger partial charge is 0.319 e. The van der Waals surface area contributed by atoms with Gasteiger partial charge in [0.05, 0.1) is 20.3 Å². The van der Waals surface area contributed by atoms with E-state index in [1.165, 1.54) is 32.1 Å². The summed E-state index contributed by atoms with van der Waals surface area (Å²) < 4.78 is 11.0. The highest BCUT2D eigenvalue weighted by molar-refractivity contribution is 5.89. The van der Waals surface area contributed by atoms with Crippen molar-refractivity contribution in [3.05, 3.63) is 59.7 Å². The van der Waals surface area contributed by atoms with Crippen LogP contribution in [0, 0.1) is 5.92 Å². The minimum absolute atomic E-state index is 0.137. The van der Waals surface area contributed by atoms with Gasteiger partial charge in [-0.15, -0.1) is 0 Å². The van der Waals surface area contributed by atoms with Crippen LogP contribution in [-0.4, -0.2) is 19.7 Å². The lowest BCUT2D eigenvalue weighted by molar-refractivity contribution is 0.107. The summed E-state index contributed by atoms with van der Waals surface area (Å²) >= 11 is 0. The number of urea groups is 1. The number of methoxy groups -OCH3 is 1. The van der Waals surface area contributed by atoms with E-state index in [9.17, 15) is 4.79 Å². The van der Waals surface area contributed by atoms with E-state index in [4.69, 9.17) is 9.47 Å². The fraction of sp³-hybridized carbons (Fsp3) is 0.435. The van der Waals surface area contributed by atoms with Gasteiger partial charge < -0.3 is 20.1 Å². The molecule has 5 nitrogen and oxygen atoms in total. The summed E-state index contributed by atoms with van der Waals surface area (Å²) in [5.41, 5.74) is 2.91. The van der Waals surface area contributed by atoms with Gasteiger partial charge in [-0.2, -0.15) is 0 Å². The second-order valence-corrected chi connectivity index (χ2v) is 7.38. The number of hydrogen-bond acceptors (Lipinski definition) is 3. The fourth-order valence-corrected chi connectivity index (χ4v) is 3.55. The van der Waals surface area contributed by atoms with Crippen LogP contribution in [0.15, 0.2) is 48.5 Å². The number of carbonyl (C=O) groups is 1. The Labute approximate surface area is 167 Å². The van der Waals surface area contributed by atoms with E-state index >= 15 is 0 Å². The number of benzene rings is 2. The molecule has 0 aromatic heterocycles. The van der Waals surface area contributed by atoms with E-state index in [0.717, 1.165) is 29.1 Å². The van der Waals surface area contributed by atoms with Crippen molar-refractivity contribution in [2.24, 2.45) is 5.92 Å². The Morgan fingerprint density at radius 2 is 1.75 bits per heavy atom. The zero-order chi connectivity index (χ0) is 19.6. The number of nitrogens with one attached hydrogen (secondary N) is 2. The Morgan fingerprint density at radius 3 is 2.50 bits per heavy atom. The minimum atomic E-state index is -0.137. The first-order valence-electron chi connectivity index (χ1n) is 10.1. The Bertz CT molecular complexity index is 740. The Morgan fingerprint density at radius 1 is 1.00 bits per heavy atom. The van der Waals surface area contributed by atoms with E-state index in [0.29, 0.717) is 19.1 Å². The molecule has 0 heterocycles. The van der Waals surface area contributed by atoms with Gasteiger partial charge in [0.1, 0.15) is 5.75 Å². The van der Waals surface area contributed by atoms with Crippen molar-refractivity contribution < 1.29 is 14.3 Å². The maximum atomic E-state index is 12.2. The molecule has 0 atom stereocenters. The summed E-state index contributed by atoms with van der Waals surface area (Å²) in [4.78, 5) is 12.2. The van der Waals surface area contributed by atoms with Crippen LogP contribution in [0.2, 0.25) is 0 Å². The molecule has 0 unspecified atom stereocenters. The van der Waals surface area contributed by atoms with E-state index in [1.807, 2.05) is 48.5 Å². The maximum absolute atomic E-state index is 12.2. The lowest BCUT2D eigenvalue weighted by atomic mass is 9.89. The second kappa shape index (κ2) is 10.7. The standard InChI is InChI=1S/C23H30N2O3/c1-27-22-12-10-19(11-13-22)16-28-17-20-8-5-9-21(14-20)25-23(26)24-15-18-6-3-2-4-7-18/h5,8-14,18H,2-4,6-7,15-17H2,1H3,(H2,24,25,26). The molecule has 1 aliphatic rings. The average molecular weight is 383 g/mol. The van der Waals surface area contributed by atoms with Gasteiger partial charge >= 0.3 is 6.03 Å². The van der Waals surface area contributed by atoms with Gasteiger partial charge in [0.15, 0.2) is 0 Å². The monoisotopic (exact) mass is 382 g/mol. The molecule has 2 aromatic rings. The first-order valence-corrected chi connectivity index (χ1v) is 10.1. The normalized spacial score (nSPS) is 14.5. The predicted octanol–water partition coefficient (Wildman–Crippen LogP) is 5.11. The second-order valence-electron chi connectivity index (χ2n) is 7.38. The van der Waals surface area contributed by atoms with Crippen molar-refractivity contribution in [1.82, 2.24) is 5.32 Å². The molecule has 28 heavy (non-hydrogen) atoms. The summed E-state index contributed by atoms with van der Waals surface area (Å²) in [5, 5.41) is 5.93. The number of carbonyl (C=O) groups excluding carboxylic acids is 1. The fourth-order valence-electron chi connectivity index (χ4n) is 3.55. The van der Waals surface area contributed by atoms with Crippen LogP contribution in [0.3, 0.4) is 0 Å². The van der Waals surface area contributed by atoms with Gasteiger partial charge in [-0.25, -0.2) is 4.79 Å². The highest BCUT2D eigenvalue weighted by atomic mass is 16.5. The first-order chi connectivity index (χ1) is 13.7. The molecule has 0 spiro atoms. The lowest BCUT2D eigenvalue weighted by Gasteiger charge is -2.21. The topological polar surface area (TPSA) is 59.6 Å². The van der Waals surface area contributed by atoms with Crippen molar-refractivity contribution >= 4 is 11.7 Å². The van der Waals surface area contributed by atoms with E-state index in [-0.39, 0.29) is 6.03 Å². The average Bonchev–Trinajstić information content (AvgIpc) is 2.74. The zero-order valence-corrected chi connectivity index (χ0v) is 16.6. The number of ether oxygens (including phenoxy) is 2. The number of anilines is 1. The van der Waals surface area contributed by atoms with Crippen LogP contribution in [0.25, 0.3) is 0 Å². The molecule has 0 saturated heterocycles. The van der Waals surface area contributed by atoms with Crippen LogP contribution < -0.4 is 15.4 Å². The van der Waals surface area contributed by atoms with Gasteiger partial charge in [-0.3, -0.25) is 0 Å². The van der Waals surface area contributed by atoms with Gasteiger partial charge in [0.2, 0.25) is 0 Å². The van der Waals surface area contributed by atoms with Crippen LogP contribution in [0.1, 0.15) is 43.2 Å². The number of hydrogen-bond donors (Lipinski definition) is 2. The molecule has 0 aliphatic heterocycles. The molecule has 5 heteroatoms.